The lowest BCUT2D eigenvalue weighted by Gasteiger charge is -2.24. The Hall–Kier alpha value is -0.870. The number of fused-ring (bicyclic) bond motifs is 1. The first kappa shape index (κ1) is 13.1. The molecule has 1 heterocycles. The molecule has 1 aliphatic heterocycles. The number of carbonyl (C=O) groups is 1. The monoisotopic (exact) mass is 324 g/mol. The van der Waals surface area contributed by atoms with Gasteiger partial charge in [-0.1, -0.05) is 34.1 Å². The third-order valence-electron chi connectivity index (χ3n) is 3.82. The van der Waals surface area contributed by atoms with Crippen LogP contribution in [0.2, 0.25) is 0 Å². The maximum absolute atomic E-state index is 12.1. The van der Waals surface area contributed by atoms with Gasteiger partial charge in [0.15, 0.2) is 0 Å². The van der Waals surface area contributed by atoms with Gasteiger partial charge in [-0.05, 0) is 37.8 Å². The van der Waals surface area contributed by atoms with E-state index in [1.807, 2.05) is 18.2 Å². The fraction of sp³-hybridized carbons (Fsp3) is 0.533. The molecule has 4 atom stereocenters. The highest BCUT2D eigenvalue weighted by Crippen LogP contribution is 2.37. The minimum atomic E-state index is -0.233. The van der Waals surface area contributed by atoms with Crippen molar-refractivity contribution in [1.82, 2.24) is 0 Å². The van der Waals surface area contributed by atoms with Crippen molar-refractivity contribution in [1.29, 1.82) is 0 Å². The molecule has 2 fully saturated rings. The third kappa shape index (κ3) is 3.18. The van der Waals surface area contributed by atoms with Crippen LogP contribution in [-0.2, 0) is 9.47 Å². The second-order valence-electron chi connectivity index (χ2n) is 5.19. The third-order valence-corrected chi connectivity index (χ3v) is 4.87. The van der Waals surface area contributed by atoms with E-state index < -0.39 is 0 Å². The van der Waals surface area contributed by atoms with Crippen LogP contribution in [0.25, 0.3) is 0 Å². The maximum Gasteiger partial charge on any atom is 0.338 e. The average molecular weight is 325 g/mol. The number of hydrogen-bond acceptors (Lipinski definition) is 3. The van der Waals surface area contributed by atoms with Crippen LogP contribution in [0.5, 0.6) is 0 Å². The van der Waals surface area contributed by atoms with Crippen molar-refractivity contribution in [3.05, 3.63) is 35.9 Å². The van der Waals surface area contributed by atoms with E-state index in [0.29, 0.717) is 17.8 Å². The highest BCUT2D eigenvalue weighted by atomic mass is 79.9. The number of halogens is 1. The SMILES string of the molecule is O=C(O[C@H]1CC[C@@H]2O[C@@H]2CC[C@@H]1Br)c1ccccc1. The average Bonchev–Trinajstić information content (AvgIpc) is 3.18. The first-order valence-electron chi connectivity index (χ1n) is 6.79. The Balaban J connectivity index is 1.62. The van der Waals surface area contributed by atoms with Crippen molar-refractivity contribution < 1.29 is 14.3 Å². The van der Waals surface area contributed by atoms with Gasteiger partial charge in [-0.25, -0.2) is 4.79 Å². The fourth-order valence-electron chi connectivity index (χ4n) is 2.62. The summed E-state index contributed by atoms with van der Waals surface area (Å²) in [6.45, 7) is 0. The number of carbonyl (C=O) groups excluding carboxylic acids is 1. The van der Waals surface area contributed by atoms with Crippen molar-refractivity contribution in [3.8, 4) is 0 Å². The molecular formula is C15H17BrO3. The molecule has 0 N–H and O–H groups in total. The molecule has 102 valence electrons. The van der Waals surface area contributed by atoms with Gasteiger partial charge >= 0.3 is 5.97 Å². The zero-order valence-electron chi connectivity index (χ0n) is 10.6. The minimum absolute atomic E-state index is 0.0575. The van der Waals surface area contributed by atoms with Crippen molar-refractivity contribution >= 4 is 21.9 Å². The van der Waals surface area contributed by atoms with Crippen LogP contribution >= 0.6 is 15.9 Å². The molecule has 1 saturated heterocycles. The van der Waals surface area contributed by atoms with Gasteiger partial charge in [0.25, 0.3) is 0 Å². The molecule has 0 unspecified atom stereocenters. The van der Waals surface area contributed by atoms with Crippen molar-refractivity contribution in [2.24, 2.45) is 0 Å². The predicted molar refractivity (Wildman–Crippen MR) is 75.5 cm³/mol. The van der Waals surface area contributed by atoms with Crippen molar-refractivity contribution in [2.75, 3.05) is 0 Å². The van der Waals surface area contributed by atoms with Gasteiger partial charge in [-0.3, -0.25) is 0 Å². The summed E-state index contributed by atoms with van der Waals surface area (Å²) >= 11 is 3.65. The highest BCUT2D eigenvalue weighted by molar-refractivity contribution is 9.09. The molecule has 2 aliphatic rings. The van der Waals surface area contributed by atoms with Gasteiger partial charge in [-0.15, -0.1) is 0 Å². The summed E-state index contributed by atoms with van der Waals surface area (Å²) in [5, 5.41) is 0. The number of epoxide rings is 1. The summed E-state index contributed by atoms with van der Waals surface area (Å²) in [4.78, 5) is 12.3. The second-order valence-corrected chi connectivity index (χ2v) is 6.37. The van der Waals surface area contributed by atoms with Crippen LogP contribution in [0.15, 0.2) is 30.3 Å². The topological polar surface area (TPSA) is 38.8 Å². The van der Waals surface area contributed by atoms with E-state index in [1.165, 1.54) is 0 Å². The standard InChI is InChI=1S/C15H17BrO3/c16-11-6-7-13-14(18-13)9-8-12(11)19-15(17)10-4-2-1-3-5-10/h1-5,11-14H,6-9H2/t11-,12-,13+,14-/m0/s1. The maximum atomic E-state index is 12.1. The van der Waals surface area contributed by atoms with E-state index >= 15 is 0 Å². The number of benzene rings is 1. The molecule has 1 aliphatic carbocycles. The van der Waals surface area contributed by atoms with E-state index in [2.05, 4.69) is 15.9 Å². The first-order chi connectivity index (χ1) is 9.24. The van der Waals surface area contributed by atoms with Crippen LogP contribution < -0.4 is 0 Å². The number of rotatable bonds is 2. The molecule has 0 radical (unpaired) electrons. The van der Waals surface area contributed by atoms with E-state index in [-0.39, 0.29) is 16.9 Å². The lowest BCUT2D eigenvalue weighted by atomic mass is 9.98. The van der Waals surface area contributed by atoms with Crippen LogP contribution in [0.4, 0.5) is 0 Å². The lowest BCUT2D eigenvalue weighted by Crippen LogP contribution is -2.29. The lowest BCUT2D eigenvalue weighted by molar-refractivity contribution is 0.0264. The van der Waals surface area contributed by atoms with Crippen LogP contribution in [0.1, 0.15) is 36.0 Å². The molecule has 4 heteroatoms. The number of ether oxygens (including phenoxy) is 2. The van der Waals surface area contributed by atoms with Gasteiger partial charge < -0.3 is 9.47 Å². The van der Waals surface area contributed by atoms with E-state index in [0.717, 1.165) is 25.7 Å². The Kier molecular flexibility index (Phi) is 3.89. The number of alkyl halides is 1. The van der Waals surface area contributed by atoms with E-state index in [4.69, 9.17) is 9.47 Å². The number of esters is 1. The molecule has 0 aromatic heterocycles. The molecule has 1 saturated carbocycles. The largest absolute Gasteiger partial charge is 0.458 e. The minimum Gasteiger partial charge on any atom is -0.458 e. The zero-order chi connectivity index (χ0) is 13.2. The van der Waals surface area contributed by atoms with Crippen molar-refractivity contribution in [2.45, 2.75) is 48.8 Å². The summed E-state index contributed by atoms with van der Waals surface area (Å²) in [7, 11) is 0. The Morgan fingerprint density at radius 2 is 1.79 bits per heavy atom. The molecule has 1 aromatic carbocycles. The molecule has 0 spiro atoms. The second kappa shape index (κ2) is 5.63. The molecule has 1 aromatic rings. The van der Waals surface area contributed by atoms with Crippen LogP contribution in [0.3, 0.4) is 0 Å². The summed E-state index contributed by atoms with van der Waals surface area (Å²) in [5.41, 5.74) is 0.616. The predicted octanol–water partition coefficient (Wildman–Crippen LogP) is 3.32. The molecular weight excluding hydrogens is 308 g/mol. The van der Waals surface area contributed by atoms with Crippen LogP contribution in [-0.4, -0.2) is 29.1 Å². The van der Waals surface area contributed by atoms with Gasteiger partial charge in [0, 0.05) is 0 Å². The zero-order valence-corrected chi connectivity index (χ0v) is 12.2. The van der Waals surface area contributed by atoms with Crippen LogP contribution in [0, 0.1) is 0 Å². The summed E-state index contributed by atoms with van der Waals surface area (Å²) in [6, 6.07) is 9.17. The Morgan fingerprint density at radius 3 is 2.53 bits per heavy atom. The van der Waals surface area contributed by atoms with Gasteiger partial charge in [0.1, 0.15) is 6.10 Å². The summed E-state index contributed by atoms with van der Waals surface area (Å²) < 4.78 is 11.2. The Labute approximate surface area is 121 Å². The van der Waals surface area contributed by atoms with Gasteiger partial charge in [-0.2, -0.15) is 0 Å². The smallest absolute Gasteiger partial charge is 0.338 e. The number of hydrogen-bond donors (Lipinski definition) is 0. The summed E-state index contributed by atoms with van der Waals surface area (Å²) in [5.74, 6) is -0.233. The summed E-state index contributed by atoms with van der Waals surface area (Å²) in [6.07, 6.45) is 4.70. The molecule has 0 amide bonds. The Bertz CT molecular complexity index is 448. The quantitative estimate of drug-likeness (QED) is 0.476. The normalized spacial score (nSPS) is 33.7. The molecule has 3 rings (SSSR count). The Morgan fingerprint density at radius 1 is 1.11 bits per heavy atom. The first-order valence-corrected chi connectivity index (χ1v) is 7.71. The van der Waals surface area contributed by atoms with E-state index in [9.17, 15) is 4.79 Å². The highest BCUT2D eigenvalue weighted by Gasteiger charge is 2.41. The molecule has 19 heavy (non-hydrogen) atoms. The fourth-order valence-corrected chi connectivity index (χ4v) is 3.25. The van der Waals surface area contributed by atoms with E-state index in [1.54, 1.807) is 12.1 Å². The van der Waals surface area contributed by atoms with Crippen molar-refractivity contribution in [3.63, 3.8) is 0 Å². The molecule has 0 bridgehead atoms. The van der Waals surface area contributed by atoms with Gasteiger partial charge in [0.2, 0.25) is 0 Å². The molecule has 3 nitrogen and oxygen atoms in total. The van der Waals surface area contributed by atoms with Gasteiger partial charge in [0.05, 0.1) is 22.6 Å².